The first-order valence-corrected chi connectivity index (χ1v) is 8.06. The van der Waals surface area contributed by atoms with Gasteiger partial charge in [0.2, 0.25) is 0 Å². The number of rotatable bonds is 4. The molecule has 0 aliphatic carbocycles. The van der Waals surface area contributed by atoms with Gasteiger partial charge in [-0.2, -0.15) is 0 Å². The fraction of sp³-hybridized carbons (Fsp3) is 0.250. The smallest absolute Gasteiger partial charge is 0.0390 e. The Labute approximate surface area is 127 Å². The standard InChI is InChI=1S/C16H18BrNS/c1-11-7-8-13(9-12(11)2)15(18)10-19-16-6-4-3-5-14(16)17/h3-9,15H,10,18H2,1-2H3. The van der Waals surface area contributed by atoms with E-state index in [1.165, 1.54) is 21.6 Å². The molecule has 0 radical (unpaired) electrons. The Morgan fingerprint density at radius 3 is 2.53 bits per heavy atom. The van der Waals surface area contributed by atoms with Gasteiger partial charge in [0, 0.05) is 21.2 Å². The summed E-state index contributed by atoms with van der Waals surface area (Å²) in [6, 6.07) is 14.8. The van der Waals surface area contributed by atoms with Gasteiger partial charge in [-0.05, 0) is 58.6 Å². The van der Waals surface area contributed by atoms with Gasteiger partial charge >= 0.3 is 0 Å². The van der Waals surface area contributed by atoms with Crippen molar-refractivity contribution in [3.8, 4) is 0 Å². The van der Waals surface area contributed by atoms with Crippen LogP contribution in [0.3, 0.4) is 0 Å². The van der Waals surface area contributed by atoms with Crippen molar-refractivity contribution >= 4 is 27.7 Å². The largest absolute Gasteiger partial charge is 0.323 e. The Kier molecular flexibility index (Phi) is 5.08. The van der Waals surface area contributed by atoms with Crippen molar-refractivity contribution in [3.63, 3.8) is 0 Å². The van der Waals surface area contributed by atoms with E-state index in [1.54, 1.807) is 11.8 Å². The molecule has 0 saturated heterocycles. The Hall–Kier alpha value is -0.770. The second-order valence-electron chi connectivity index (χ2n) is 4.69. The van der Waals surface area contributed by atoms with Crippen LogP contribution in [0.2, 0.25) is 0 Å². The molecule has 0 aliphatic rings. The van der Waals surface area contributed by atoms with Crippen molar-refractivity contribution < 1.29 is 0 Å². The number of halogens is 1. The number of hydrogen-bond acceptors (Lipinski definition) is 2. The van der Waals surface area contributed by atoms with Crippen LogP contribution in [0.5, 0.6) is 0 Å². The van der Waals surface area contributed by atoms with Crippen LogP contribution in [0.1, 0.15) is 22.7 Å². The van der Waals surface area contributed by atoms with Crippen LogP contribution in [0.25, 0.3) is 0 Å². The molecule has 1 nitrogen and oxygen atoms in total. The minimum atomic E-state index is 0.0661. The maximum absolute atomic E-state index is 6.28. The van der Waals surface area contributed by atoms with Crippen molar-refractivity contribution in [1.29, 1.82) is 0 Å². The molecule has 0 amide bonds. The van der Waals surface area contributed by atoms with Crippen LogP contribution < -0.4 is 5.73 Å². The minimum Gasteiger partial charge on any atom is -0.323 e. The van der Waals surface area contributed by atoms with E-state index in [1.807, 2.05) is 6.07 Å². The Balaban J connectivity index is 2.03. The molecule has 2 rings (SSSR count). The van der Waals surface area contributed by atoms with Crippen LogP contribution >= 0.6 is 27.7 Å². The van der Waals surface area contributed by atoms with Gasteiger partial charge in [0.05, 0.1) is 0 Å². The normalized spacial score (nSPS) is 12.4. The van der Waals surface area contributed by atoms with E-state index in [4.69, 9.17) is 5.73 Å². The average molecular weight is 336 g/mol. The molecule has 2 aromatic carbocycles. The highest BCUT2D eigenvalue weighted by Gasteiger charge is 2.09. The van der Waals surface area contributed by atoms with Crippen molar-refractivity contribution in [2.45, 2.75) is 24.8 Å². The summed E-state index contributed by atoms with van der Waals surface area (Å²) in [5.74, 6) is 0.880. The maximum Gasteiger partial charge on any atom is 0.0390 e. The quantitative estimate of drug-likeness (QED) is 0.807. The molecule has 0 saturated carbocycles. The van der Waals surface area contributed by atoms with Crippen LogP contribution in [0.15, 0.2) is 51.8 Å². The highest BCUT2D eigenvalue weighted by Crippen LogP contribution is 2.30. The summed E-state index contributed by atoms with van der Waals surface area (Å²) in [5.41, 5.74) is 10.1. The molecular weight excluding hydrogens is 318 g/mol. The zero-order chi connectivity index (χ0) is 13.8. The Morgan fingerprint density at radius 1 is 1.11 bits per heavy atom. The summed E-state index contributed by atoms with van der Waals surface area (Å²) >= 11 is 5.35. The molecule has 2 aromatic rings. The molecule has 1 atom stereocenters. The summed E-state index contributed by atoms with van der Waals surface area (Å²) in [6.45, 7) is 4.26. The first-order chi connectivity index (χ1) is 9.08. The number of aryl methyl sites for hydroxylation is 2. The first kappa shape index (κ1) is 14.6. The fourth-order valence-corrected chi connectivity index (χ4v) is 3.39. The van der Waals surface area contributed by atoms with E-state index in [-0.39, 0.29) is 6.04 Å². The lowest BCUT2D eigenvalue weighted by Crippen LogP contribution is -2.13. The van der Waals surface area contributed by atoms with Gasteiger partial charge in [-0.25, -0.2) is 0 Å². The predicted molar refractivity (Wildman–Crippen MR) is 87.7 cm³/mol. The molecule has 0 aromatic heterocycles. The minimum absolute atomic E-state index is 0.0661. The van der Waals surface area contributed by atoms with E-state index in [2.05, 4.69) is 66.2 Å². The summed E-state index contributed by atoms with van der Waals surface area (Å²) in [4.78, 5) is 1.24. The zero-order valence-corrected chi connectivity index (χ0v) is 13.6. The molecule has 3 heteroatoms. The van der Waals surface area contributed by atoms with E-state index >= 15 is 0 Å². The third kappa shape index (κ3) is 3.85. The monoisotopic (exact) mass is 335 g/mol. The molecule has 0 heterocycles. The molecule has 0 bridgehead atoms. The fourth-order valence-electron chi connectivity index (χ4n) is 1.83. The van der Waals surface area contributed by atoms with E-state index < -0.39 is 0 Å². The van der Waals surface area contributed by atoms with Gasteiger partial charge < -0.3 is 5.73 Å². The summed E-state index contributed by atoms with van der Waals surface area (Å²) in [5, 5.41) is 0. The topological polar surface area (TPSA) is 26.0 Å². The van der Waals surface area contributed by atoms with Gasteiger partial charge in [0.25, 0.3) is 0 Å². The lowest BCUT2D eigenvalue weighted by molar-refractivity contribution is 0.829. The summed E-state index contributed by atoms with van der Waals surface area (Å²) in [6.07, 6.45) is 0. The molecule has 1 unspecified atom stereocenters. The average Bonchev–Trinajstić information content (AvgIpc) is 2.40. The zero-order valence-electron chi connectivity index (χ0n) is 11.2. The number of hydrogen-bond donors (Lipinski definition) is 1. The second kappa shape index (κ2) is 6.60. The van der Waals surface area contributed by atoms with Crippen molar-refractivity contribution in [2.75, 3.05) is 5.75 Å². The van der Waals surface area contributed by atoms with Crippen molar-refractivity contribution in [2.24, 2.45) is 5.73 Å². The molecule has 100 valence electrons. The van der Waals surface area contributed by atoms with Gasteiger partial charge in [-0.15, -0.1) is 11.8 Å². The highest BCUT2D eigenvalue weighted by molar-refractivity contribution is 9.10. The van der Waals surface area contributed by atoms with E-state index in [9.17, 15) is 0 Å². The van der Waals surface area contributed by atoms with Gasteiger partial charge in [-0.3, -0.25) is 0 Å². The number of benzene rings is 2. The van der Waals surface area contributed by atoms with Gasteiger partial charge in [0.15, 0.2) is 0 Å². The van der Waals surface area contributed by atoms with Crippen LogP contribution in [0, 0.1) is 13.8 Å². The summed E-state index contributed by atoms with van der Waals surface area (Å²) in [7, 11) is 0. The van der Waals surface area contributed by atoms with Gasteiger partial charge in [-0.1, -0.05) is 30.3 Å². The van der Waals surface area contributed by atoms with Crippen LogP contribution in [0.4, 0.5) is 0 Å². The lowest BCUT2D eigenvalue weighted by atomic mass is 10.0. The second-order valence-corrected chi connectivity index (χ2v) is 6.61. The third-order valence-corrected chi connectivity index (χ3v) is 5.36. The van der Waals surface area contributed by atoms with E-state index in [0.717, 1.165) is 10.2 Å². The van der Waals surface area contributed by atoms with E-state index in [0.29, 0.717) is 0 Å². The molecule has 0 spiro atoms. The third-order valence-electron chi connectivity index (χ3n) is 3.21. The predicted octanol–water partition coefficient (Wildman–Crippen LogP) is 4.86. The molecule has 19 heavy (non-hydrogen) atoms. The van der Waals surface area contributed by atoms with Gasteiger partial charge in [0.1, 0.15) is 0 Å². The van der Waals surface area contributed by atoms with Crippen LogP contribution in [-0.2, 0) is 0 Å². The summed E-state index contributed by atoms with van der Waals surface area (Å²) < 4.78 is 1.13. The Bertz CT molecular complexity index is 568. The Morgan fingerprint density at radius 2 is 1.84 bits per heavy atom. The lowest BCUT2D eigenvalue weighted by Gasteiger charge is -2.14. The number of thioether (sulfide) groups is 1. The molecule has 0 aliphatic heterocycles. The van der Waals surface area contributed by atoms with Crippen molar-refractivity contribution in [1.82, 2.24) is 0 Å². The number of nitrogens with two attached hydrogens (primary N) is 1. The van der Waals surface area contributed by atoms with Crippen LogP contribution in [-0.4, -0.2) is 5.75 Å². The maximum atomic E-state index is 6.28. The highest BCUT2D eigenvalue weighted by atomic mass is 79.9. The first-order valence-electron chi connectivity index (χ1n) is 6.28. The molecule has 0 fully saturated rings. The molecule has 2 N–H and O–H groups in total. The molecular formula is C16H18BrNS. The van der Waals surface area contributed by atoms with Crippen molar-refractivity contribution in [3.05, 3.63) is 63.6 Å². The SMILES string of the molecule is Cc1ccc(C(N)CSc2ccccc2Br)cc1C.